The van der Waals surface area contributed by atoms with E-state index in [1.54, 1.807) is 19.1 Å². The number of fused-ring (bicyclic) bond motifs is 1. The molecule has 2 rings (SSSR count). The zero-order valence-corrected chi connectivity index (χ0v) is 11.7. The number of carbonyl (C=O) groups excluding carboxylic acids is 1. The van der Waals surface area contributed by atoms with Crippen molar-refractivity contribution in [3.63, 3.8) is 0 Å². The molecule has 0 unspecified atom stereocenters. The molecule has 0 aliphatic heterocycles. The molecule has 1 amide bonds. The second-order valence-electron chi connectivity index (χ2n) is 4.53. The number of alkyl halides is 3. The maximum atomic E-state index is 12.2. The number of amides is 1. The van der Waals surface area contributed by atoms with E-state index in [2.05, 4.69) is 10.1 Å². The standard InChI is InChI=1S/C13H14F3N5O/c1-2-3-4-8-9(12(22)18-6-13(14,15)16)5-21-10(8)11(17)19-7-20-21/h2-3,5,7H,4,6H2,1H3,(H,18,22)(H2,17,19,20)/b3-2-. The number of carbonyl (C=O) groups is 1. The van der Waals surface area contributed by atoms with E-state index in [-0.39, 0.29) is 11.4 Å². The van der Waals surface area contributed by atoms with Gasteiger partial charge in [0.05, 0.1) is 5.56 Å². The van der Waals surface area contributed by atoms with Crippen LogP contribution in [0.4, 0.5) is 19.0 Å². The van der Waals surface area contributed by atoms with Gasteiger partial charge in [-0.2, -0.15) is 18.3 Å². The SMILES string of the molecule is C/C=C\Cc1c(C(=O)NCC(F)(F)F)cn2ncnc(N)c12. The van der Waals surface area contributed by atoms with Gasteiger partial charge in [0, 0.05) is 6.20 Å². The number of anilines is 1. The van der Waals surface area contributed by atoms with E-state index in [1.807, 2.05) is 5.32 Å². The average molecular weight is 313 g/mol. The largest absolute Gasteiger partial charge is 0.405 e. The van der Waals surface area contributed by atoms with Crippen LogP contribution in [-0.2, 0) is 6.42 Å². The van der Waals surface area contributed by atoms with Crippen LogP contribution >= 0.6 is 0 Å². The van der Waals surface area contributed by atoms with Crippen molar-refractivity contribution in [3.05, 3.63) is 35.8 Å². The summed E-state index contributed by atoms with van der Waals surface area (Å²) in [4.78, 5) is 15.9. The summed E-state index contributed by atoms with van der Waals surface area (Å²) >= 11 is 0. The maximum Gasteiger partial charge on any atom is 0.405 e. The first-order chi connectivity index (χ1) is 10.3. The zero-order chi connectivity index (χ0) is 16.3. The first-order valence-electron chi connectivity index (χ1n) is 6.40. The monoisotopic (exact) mass is 313 g/mol. The Labute approximate surface area is 123 Å². The molecule has 2 heterocycles. The van der Waals surface area contributed by atoms with Gasteiger partial charge >= 0.3 is 6.18 Å². The van der Waals surface area contributed by atoms with Crippen molar-refractivity contribution < 1.29 is 18.0 Å². The number of nitrogens with zero attached hydrogens (tertiary/aromatic N) is 3. The molecule has 0 fully saturated rings. The van der Waals surface area contributed by atoms with E-state index in [0.29, 0.717) is 17.5 Å². The number of nitrogens with two attached hydrogens (primary N) is 1. The van der Waals surface area contributed by atoms with Crippen LogP contribution in [0.15, 0.2) is 24.7 Å². The number of hydrogen-bond donors (Lipinski definition) is 2. The molecule has 3 N–H and O–H groups in total. The van der Waals surface area contributed by atoms with E-state index >= 15 is 0 Å². The van der Waals surface area contributed by atoms with Crippen LogP contribution in [-0.4, -0.2) is 33.2 Å². The van der Waals surface area contributed by atoms with Gasteiger partial charge in [0.15, 0.2) is 5.82 Å². The average Bonchev–Trinajstić information content (AvgIpc) is 2.82. The highest BCUT2D eigenvalue weighted by Crippen LogP contribution is 2.23. The molecule has 22 heavy (non-hydrogen) atoms. The van der Waals surface area contributed by atoms with Crippen LogP contribution in [0, 0.1) is 0 Å². The molecule has 0 saturated carbocycles. The molecule has 0 radical (unpaired) electrons. The fourth-order valence-electron chi connectivity index (χ4n) is 2.01. The molecule has 0 bridgehead atoms. The Bertz CT molecular complexity index is 720. The van der Waals surface area contributed by atoms with Gasteiger partial charge in [-0.1, -0.05) is 12.2 Å². The molecule has 9 heteroatoms. The highest BCUT2D eigenvalue weighted by Gasteiger charge is 2.29. The number of allylic oxidation sites excluding steroid dienone is 2. The second-order valence-corrected chi connectivity index (χ2v) is 4.53. The van der Waals surface area contributed by atoms with Crippen LogP contribution < -0.4 is 11.1 Å². The van der Waals surface area contributed by atoms with Crippen molar-refractivity contribution in [3.8, 4) is 0 Å². The smallest absolute Gasteiger partial charge is 0.382 e. The Morgan fingerprint density at radius 3 is 2.86 bits per heavy atom. The lowest BCUT2D eigenvalue weighted by molar-refractivity contribution is -0.123. The fourth-order valence-corrected chi connectivity index (χ4v) is 2.01. The third kappa shape index (κ3) is 3.35. The lowest BCUT2D eigenvalue weighted by Crippen LogP contribution is -2.33. The Morgan fingerprint density at radius 1 is 1.50 bits per heavy atom. The van der Waals surface area contributed by atoms with Gasteiger partial charge in [-0.3, -0.25) is 4.79 Å². The highest BCUT2D eigenvalue weighted by molar-refractivity contribution is 5.99. The Hall–Kier alpha value is -2.58. The van der Waals surface area contributed by atoms with E-state index in [1.165, 1.54) is 17.0 Å². The summed E-state index contributed by atoms with van der Waals surface area (Å²) in [5.41, 5.74) is 6.77. The fraction of sp³-hybridized carbons (Fsp3) is 0.308. The first-order valence-corrected chi connectivity index (χ1v) is 6.40. The summed E-state index contributed by atoms with van der Waals surface area (Å²) in [7, 11) is 0. The quantitative estimate of drug-likeness (QED) is 0.842. The van der Waals surface area contributed by atoms with Crippen molar-refractivity contribution in [1.82, 2.24) is 19.9 Å². The van der Waals surface area contributed by atoms with E-state index in [0.717, 1.165) is 0 Å². The molecule has 2 aromatic heterocycles. The molecule has 6 nitrogen and oxygen atoms in total. The highest BCUT2D eigenvalue weighted by atomic mass is 19.4. The predicted molar refractivity (Wildman–Crippen MR) is 74.3 cm³/mol. The van der Waals surface area contributed by atoms with Crippen molar-refractivity contribution in [2.75, 3.05) is 12.3 Å². The third-order valence-corrected chi connectivity index (χ3v) is 2.96. The lowest BCUT2D eigenvalue weighted by Gasteiger charge is -2.08. The van der Waals surface area contributed by atoms with Gasteiger partial charge in [-0.15, -0.1) is 0 Å². The molecule has 0 aliphatic carbocycles. The van der Waals surface area contributed by atoms with Gasteiger partial charge in [-0.25, -0.2) is 9.50 Å². The number of halogens is 3. The molecular formula is C13H14F3N5O. The Balaban J connectivity index is 2.43. The number of nitrogen functional groups attached to an aromatic ring is 1. The minimum Gasteiger partial charge on any atom is -0.382 e. The molecule has 0 saturated heterocycles. The normalized spacial score (nSPS) is 12.2. The molecule has 118 valence electrons. The van der Waals surface area contributed by atoms with Crippen LogP contribution in [0.2, 0.25) is 0 Å². The van der Waals surface area contributed by atoms with Crippen LogP contribution in [0.3, 0.4) is 0 Å². The number of aromatic nitrogens is 3. The molecular weight excluding hydrogens is 299 g/mol. The minimum atomic E-state index is -4.48. The van der Waals surface area contributed by atoms with E-state index in [4.69, 9.17) is 5.73 Å². The summed E-state index contributed by atoms with van der Waals surface area (Å²) in [5.74, 6) is -0.675. The minimum absolute atomic E-state index is 0.0922. The number of nitrogens with one attached hydrogen (secondary N) is 1. The zero-order valence-electron chi connectivity index (χ0n) is 11.7. The van der Waals surface area contributed by atoms with Gasteiger partial charge < -0.3 is 11.1 Å². The molecule has 0 aliphatic rings. The maximum absolute atomic E-state index is 12.2. The van der Waals surface area contributed by atoms with Crippen LogP contribution in [0.1, 0.15) is 22.8 Å². The van der Waals surface area contributed by atoms with Crippen LogP contribution in [0.5, 0.6) is 0 Å². The van der Waals surface area contributed by atoms with Crippen molar-refractivity contribution in [1.29, 1.82) is 0 Å². The Morgan fingerprint density at radius 2 is 2.23 bits per heavy atom. The topological polar surface area (TPSA) is 85.3 Å². The van der Waals surface area contributed by atoms with Gasteiger partial charge in [0.25, 0.3) is 5.91 Å². The van der Waals surface area contributed by atoms with Gasteiger partial charge in [0.1, 0.15) is 18.4 Å². The van der Waals surface area contributed by atoms with E-state index < -0.39 is 18.6 Å². The van der Waals surface area contributed by atoms with Crippen LogP contribution in [0.25, 0.3) is 5.52 Å². The molecule has 0 atom stereocenters. The van der Waals surface area contributed by atoms with Crippen molar-refractivity contribution in [2.24, 2.45) is 0 Å². The molecule has 2 aromatic rings. The summed E-state index contributed by atoms with van der Waals surface area (Å²) in [6.07, 6.45) is 1.94. The van der Waals surface area contributed by atoms with Crippen molar-refractivity contribution in [2.45, 2.75) is 19.5 Å². The summed E-state index contributed by atoms with van der Waals surface area (Å²) in [5, 5.41) is 5.77. The third-order valence-electron chi connectivity index (χ3n) is 2.96. The first kappa shape index (κ1) is 15.8. The predicted octanol–water partition coefficient (Wildman–Crippen LogP) is 1.72. The van der Waals surface area contributed by atoms with Crippen molar-refractivity contribution >= 4 is 17.2 Å². The number of hydrogen-bond acceptors (Lipinski definition) is 4. The number of rotatable bonds is 4. The Kier molecular flexibility index (Phi) is 4.34. The van der Waals surface area contributed by atoms with Gasteiger partial charge in [-0.05, 0) is 18.9 Å². The molecule has 0 aromatic carbocycles. The lowest BCUT2D eigenvalue weighted by atomic mass is 10.1. The summed E-state index contributed by atoms with van der Waals surface area (Å²) in [6, 6.07) is 0. The molecule has 0 spiro atoms. The summed E-state index contributed by atoms with van der Waals surface area (Å²) in [6.45, 7) is 0.393. The van der Waals surface area contributed by atoms with E-state index in [9.17, 15) is 18.0 Å². The summed E-state index contributed by atoms with van der Waals surface area (Å²) < 4.78 is 38.0. The second kappa shape index (κ2) is 6.04. The van der Waals surface area contributed by atoms with Gasteiger partial charge in [0.2, 0.25) is 0 Å².